The van der Waals surface area contributed by atoms with Crippen LogP contribution in [0.3, 0.4) is 0 Å². The predicted molar refractivity (Wildman–Crippen MR) is 94.4 cm³/mol. The number of nitrogens with one attached hydrogen (secondary N) is 1. The third-order valence-electron chi connectivity index (χ3n) is 3.94. The van der Waals surface area contributed by atoms with Gasteiger partial charge < -0.3 is 10.1 Å². The number of carbonyl (C=O) groups is 1. The van der Waals surface area contributed by atoms with Gasteiger partial charge in [-0.2, -0.15) is 5.10 Å². The zero-order valence-electron chi connectivity index (χ0n) is 14.2. The molecule has 0 bridgehead atoms. The molecule has 25 heavy (non-hydrogen) atoms. The van der Waals surface area contributed by atoms with E-state index in [1.165, 1.54) is 6.33 Å². The number of carbonyl (C=O) groups excluding carboxylic acids is 1. The standard InChI is InChI=1S/C19H20N4O2/c1-14-8-9-18(25-2)16(10-14)19(24)22-17(11-23-13-20-12-21-23)15-6-4-3-5-7-15/h3-10,12-13,17H,11H2,1-2H3,(H,22,24). The highest BCUT2D eigenvalue weighted by atomic mass is 16.5. The van der Waals surface area contributed by atoms with Gasteiger partial charge in [0, 0.05) is 0 Å². The Morgan fingerprint density at radius 2 is 2.04 bits per heavy atom. The molecule has 6 heteroatoms. The Balaban J connectivity index is 1.87. The van der Waals surface area contributed by atoms with E-state index in [2.05, 4.69) is 15.4 Å². The van der Waals surface area contributed by atoms with Gasteiger partial charge in [-0.15, -0.1) is 0 Å². The zero-order valence-corrected chi connectivity index (χ0v) is 14.2. The number of benzene rings is 2. The molecular weight excluding hydrogens is 316 g/mol. The summed E-state index contributed by atoms with van der Waals surface area (Å²) >= 11 is 0. The van der Waals surface area contributed by atoms with Crippen LogP contribution in [0.4, 0.5) is 0 Å². The Kier molecular flexibility index (Phi) is 5.09. The second-order valence-electron chi connectivity index (χ2n) is 5.76. The SMILES string of the molecule is COc1ccc(C)cc1C(=O)NC(Cn1cncn1)c1ccccc1. The number of rotatable bonds is 6. The molecule has 3 rings (SSSR count). The molecule has 1 N–H and O–H groups in total. The Labute approximate surface area is 146 Å². The van der Waals surface area contributed by atoms with Gasteiger partial charge in [0.2, 0.25) is 0 Å². The summed E-state index contributed by atoms with van der Waals surface area (Å²) in [7, 11) is 1.56. The van der Waals surface area contributed by atoms with Crippen LogP contribution in [0.25, 0.3) is 0 Å². The summed E-state index contributed by atoms with van der Waals surface area (Å²) in [5.41, 5.74) is 2.51. The number of aromatic nitrogens is 3. The molecular formula is C19H20N4O2. The van der Waals surface area contributed by atoms with Gasteiger partial charge in [-0.1, -0.05) is 42.0 Å². The van der Waals surface area contributed by atoms with Gasteiger partial charge in [0.15, 0.2) is 0 Å². The average Bonchev–Trinajstić information content (AvgIpc) is 3.15. The number of ether oxygens (including phenoxy) is 1. The molecule has 0 aliphatic heterocycles. The fraction of sp³-hybridized carbons (Fsp3) is 0.211. The van der Waals surface area contributed by atoms with E-state index in [0.717, 1.165) is 11.1 Å². The summed E-state index contributed by atoms with van der Waals surface area (Å²) in [6.07, 6.45) is 3.11. The van der Waals surface area contributed by atoms with Gasteiger partial charge in [0.25, 0.3) is 5.91 Å². The molecule has 2 aromatic carbocycles. The van der Waals surface area contributed by atoms with Crippen LogP contribution in [0, 0.1) is 6.92 Å². The molecule has 3 aromatic rings. The molecule has 0 saturated carbocycles. The first-order chi connectivity index (χ1) is 12.2. The van der Waals surface area contributed by atoms with Crippen molar-refractivity contribution in [3.63, 3.8) is 0 Å². The molecule has 1 amide bonds. The molecule has 1 atom stereocenters. The number of nitrogens with zero attached hydrogens (tertiary/aromatic N) is 3. The lowest BCUT2D eigenvalue weighted by Crippen LogP contribution is -2.32. The Morgan fingerprint density at radius 1 is 1.24 bits per heavy atom. The van der Waals surface area contributed by atoms with E-state index in [9.17, 15) is 4.79 Å². The number of hydrogen-bond donors (Lipinski definition) is 1. The van der Waals surface area contributed by atoms with E-state index < -0.39 is 0 Å². The maximum absolute atomic E-state index is 12.9. The summed E-state index contributed by atoms with van der Waals surface area (Å²) in [5.74, 6) is 0.366. The average molecular weight is 336 g/mol. The lowest BCUT2D eigenvalue weighted by Gasteiger charge is -2.20. The number of hydrogen-bond acceptors (Lipinski definition) is 4. The highest BCUT2D eigenvalue weighted by Gasteiger charge is 2.19. The first-order valence-corrected chi connectivity index (χ1v) is 8.00. The first-order valence-electron chi connectivity index (χ1n) is 8.00. The van der Waals surface area contributed by atoms with E-state index in [1.807, 2.05) is 49.4 Å². The predicted octanol–water partition coefficient (Wildman–Crippen LogP) is 2.77. The minimum atomic E-state index is -0.236. The van der Waals surface area contributed by atoms with Crippen molar-refractivity contribution in [1.29, 1.82) is 0 Å². The number of amides is 1. The molecule has 0 aliphatic carbocycles. The Bertz CT molecular complexity index is 832. The normalized spacial score (nSPS) is 11.8. The monoisotopic (exact) mass is 336 g/mol. The van der Waals surface area contributed by atoms with Crippen LogP contribution in [-0.4, -0.2) is 27.8 Å². The van der Waals surface area contributed by atoms with Gasteiger partial charge in [-0.05, 0) is 24.6 Å². The second kappa shape index (κ2) is 7.61. The van der Waals surface area contributed by atoms with Gasteiger partial charge in [-0.3, -0.25) is 9.48 Å². The topological polar surface area (TPSA) is 69.0 Å². The Hall–Kier alpha value is -3.15. The molecule has 1 unspecified atom stereocenters. The van der Waals surface area contributed by atoms with Crippen molar-refractivity contribution in [1.82, 2.24) is 20.1 Å². The summed E-state index contributed by atoms with van der Waals surface area (Å²) in [6.45, 7) is 2.43. The van der Waals surface area contributed by atoms with E-state index in [4.69, 9.17) is 4.74 Å². The minimum absolute atomic E-state index is 0.186. The van der Waals surface area contributed by atoms with Crippen LogP contribution in [0.1, 0.15) is 27.5 Å². The van der Waals surface area contributed by atoms with E-state index >= 15 is 0 Å². The van der Waals surface area contributed by atoms with Crippen molar-refractivity contribution in [3.8, 4) is 5.75 Å². The Morgan fingerprint density at radius 3 is 2.72 bits per heavy atom. The van der Waals surface area contributed by atoms with Crippen molar-refractivity contribution >= 4 is 5.91 Å². The molecule has 1 heterocycles. The molecule has 0 saturated heterocycles. The summed E-state index contributed by atoms with van der Waals surface area (Å²) < 4.78 is 7.03. The van der Waals surface area contributed by atoms with Crippen molar-refractivity contribution in [2.75, 3.05) is 7.11 Å². The van der Waals surface area contributed by atoms with Crippen molar-refractivity contribution in [2.24, 2.45) is 0 Å². The summed E-state index contributed by atoms with van der Waals surface area (Å²) in [6, 6.07) is 15.1. The van der Waals surface area contributed by atoms with Crippen molar-refractivity contribution < 1.29 is 9.53 Å². The summed E-state index contributed by atoms with van der Waals surface area (Å²) in [5, 5.41) is 7.22. The molecule has 0 radical (unpaired) electrons. The summed E-state index contributed by atoms with van der Waals surface area (Å²) in [4.78, 5) is 16.8. The molecule has 0 aliphatic rings. The molecule has 0 fully saturated rings. The fourth-order valence-corrected chi connectivity index (χ4v) is 2.67. The van der Waals surface area contributed by atoms with Gasteiger partial charge in [0.05, 0.1) is 25.3 Å². The van der Waals surface area contributed by atoms with Crippen molar-refractivity contribution in [2.45, 2.75) is 19.5 Å². The lowest BCUT2D eigenvalue weighted by molar-refractivity contribution is 0.0928. The highest BCUT2D eigenvalue weighted by Crippen LogP contribution is 2.22. The fourth-order valence-electron chi connectivity index (χ4n) is 2.67. The van der Waals surface area contributed by atoms with E-state index in [0.29, 0.717) is 17.9 Å². The van der Waals surface area contributed by atoms with Crippen LogP contribution < -0.4 is 10.1 Å². The van der Waals surface area contributed by atoms with Crippen LogP contribution in [0.2, 0.25) is 0 Å². The maximum Gasteiger partial charge on any atom is 0.255 e. The van der Waals surface area contributed by atoms with Crippen LogP contribution in [0.15, 0.2) is 61.2 Å². The van der Waals surface area contributed by atoms with Gasteiger partial charge >= 0.3 is 0 Å². The molecule has 0 spiro atoms. The van der Waals surface area contributed by atoms with Gasteiger partial charge in [-0.25, -0.2) is 4.98 Å². The first kappa shape index (κ1) is 16.7. The smallest absolute Gasteiger partial charge is 0.255 e. The minimum Gasteiger partial charge on any atom is -0.496 e. The zero-order chi connectivity index (χ0) is 17.6. The number of methoxy groups -OCH3 is 1. The van der Waals surface area contributed by atoms with Crippen LogP contribution in [0.5, 0.6) is 5.75 Å². The molecule has 128 valence electrons. The van der Waals surface area contributed by atoms with Crippen LogP contribution in [-0.2, 0) is 6.54 Å². The second-order valence-corrected chi connectivity index (χ2v) is 5.76. The molecule has 1 aromatic heterocycles. The largest absolute Gasteiger partial charge is 0.496 e. The van der Waals surface area contributed by atoms with E-state index in [-0.39, 0.29) is 11.9 Å². The third kappa shape index (κ3) is 4.03. The third-order valence-corrected chi connectivity index (χ3v) is 3.94. The number of aryl methyl sites for hydroxylation is 1. The maximum atomic E-state index is 12.9. The van der Waals surface area contributed by atoms with Gasteiger partial charge in [0.1, 0.15) is 18.4 Å². The quantitative estimate of drug-likeness (QED) is 0.751. The van der Waals surface area contributed by atoms with Crippen molar-refractivity contribution in [3.05, 3.63) is 77.9 Å². The van der Waals surface area contributed by atoms with E-state index in [1.54, 1.807) is 24.2 Å². The highest BCUT2D eigenvalue weighted by molar-refractivity contribution is 5.97. The van der Waals surface area contributed by atoms with Crippen LogP contribution >= 0.6 is 0 Å². The lowest BCUT2D eigenvalue weighted by atomic mass is 10.1. The molecule has 6 nitrogen and oxygen atoms in total.